The molecule has 0 aromatic rings. The highest BCUT2D eigenvalue weighted by atomic mass is 19.4. The highest BCUT2D eigenvalue weighted by Crippen LogP contribution is 2.18. The lowest BCUT2D eigenvalue weighted by Crippen LogP contribution is -2.49. The Morgan fingerprint density at radius 3 is 2.00 bits per heavy atom. The molecule has 0 atom stereocenters. The van der Waals surface area contributed by atoms with Crippen LogP contribution in [-0.4, -0.2) is 43.3 Å². The topological polar surface area (TPSA) is 15.3 Å². The number of hydrogen-bond donors (Lipinski definition) is 1. The smallest absolute Gasteiger partial charge is 0.314 e. The zero-order valence-corrected chi connectivity index (χ0v) is 9.91. The minimum atomic E-state index is -4.11. The van der Waals surface area contributed by atoms with Crippen molar-refractivity contribution < 1.29 is 13.2 Å². The number of halogens is 3. The Morgan fingerprint density at radius 2 is 1.67 bits per heavy atom. The Kier molecular flexibility index (Phi) is 5.59. The summed E-state index contributed by atoms with van der Waals surface area (Å²) in [5.41, 5.74) is -0.291. The quantitative estimate of drug-likeness (QED) is 0.747. The van der Waals surface area contributed by atoms with Crippen LogP contribution in [0.15, 0.2) is 0 Å². The largest absolute Gasteiger partial charge is 0.401 e. The van der Waals surface area contributed by atoms with E-state index in [-0.39, 0.29) is 5.54 Å². The average molecular weight is 226 g/mol. The van der Waals surface area contributed by atoms with Crippen molar-refractivity contribution in [1.29, 1.82) is 0 Å². The standard InChI is InChI=1S/C10H21F3N2/c1-5-6-15(8-10(11,12)13)7-9(2,3)14-4/h14H,5-8H2,1-4H3. The van der Waals surface area contributed by atoms with E-state index in [9.17, 15) is 13.2 Å². The molecular formula is C10H21F3N2. The fourth-order valence-corrected chi connectivity index (χ4v) is 1.42. The van der Waals surface area contributed by atoms with Crippen LogP contribution >= 0.6 is 0 Å². The van der Waals surface area contributed by atoms with Gasteiger partial charge in [0.05, 0.1) is 6.54 Å². The first kappa shape index (κ1) is 14.7. The molecule has 0 saturated heterocycles. The van der Waals surface area contributed by atoms with Gasteiger partial charge in [-0.15, -0.1) is 0 Å². The molecule has 2 nitrogen and oxygen atoms in total. The monoisotopic (exact) mass is 226 g/mol. The third-order valence-electron chi connectivity index (χ3n) is 2.24. The number of likely N-dealkylation sites (N-methyl/N-ethyl adjacent to an activating group) is 1. The van der Waals surface area contributed by atoms with Crippen molar-refractivity contribution in [3.8, 4) is 0 Å². The zero-order valence-electron chi connectivity index (χ0n) is 9.91. The fourth-order valence-electron chi connectivity index (χ4n) is 1.42. The Hall–Kier alpha value is -0.290. The van der Waals surface area contributed by atoms with Gasteiger partial charge in [-0.3, -0.25) is 4.90 Å². The molecule has 0 amide bonds. The molecule has 0 rings (SSSR count). The molecule has 0 bridgehead atoms. The SMILES string of the molecule is CCCN(CC(F)(F)F)CC(C)(C)NC. The summed E-state index contributed by atoms with van der Waals surface area (Å²) in [5, 5.41) is 3.01. The number of rotatable bonds is 6. The number of hydrogen-bond acceptors (Lipinski definition) is 2. The highest BCUT2D eigenvalue weighted by molar-refractivity contribution is 4.80. The number of nitrogens with one attached hydrogen (secondary N) is 1. The van der Waals surface area contributed by atoms with Gasteiger partial charge in [0.2, 0.25) is 0 Å². The first-order chi connectivity index (χ1) is 6.70. The van der Waals surface area contributed by atoms with Crippen LogP contribution in [0.25, 0.3) is 0 Å². The molecular weight excluding hydrogens is 205 g/mol. The first-order valence-electron chi connectivity index (χ1n) is 5.18. The van der Waals surface area contributed by atoms with Crippen molar-refractivity contribution in [2.24, 2.45) is 0 Å². The molecule has 0 unspecified atom stereocenters. The fraction of sp³-hybridized carbons (Fsp3) is 1.00. The van der Waals surface area contributed by atoms with Gasteiger partial charge in [0.25, 0.3) is 0 Å². The van der Waals surface area contributed by atoms with Crippen LogP contribution in [0.3, 0.4) is 0 Å². The van der Waals surface area contributed by atoms with Crippen LogP contribution < -0.4 is 5.32 Å². The molecule has 0 fully saturated rings. The molecule has 15 heavy (non-hydrogen) atoms. The lowest BCUT2D eigenvalue weighted by molar-refractivity contribution is -0.147. The predicted octanol–water partition coefficient (Wildman–Crippen LogP) is 2.26. The van der Waals surface area contributed by atoms with Gasteiger partial charge >= 0.3 is 6.18 Å². The maximum Gasteiger partial charge on any atom is 0.401 e. The minimum Gasteiger partial charge on any atom is -0.314 e. The van der Waals surface area contributed by atoms with Crippen LogP contribution in [-0.2, 0) is 0 Å². The molecule has 0 heterocycles. The number of alkyl halides is 3. The van der Waals surface area contributed by atoms with Crippen LogP contribution in [0.5, 0.6) is 0 Å². The van der Waals surface area contributed by atoms with Crippen LogP contribution in [0.1, 0.15) is 27.2 Å². The summed E-state index contributed by atoms with van der Waals surface area (Å²) in [6.07, 6.45) is -3.38. The van der Waals surface area contributed by atoms with E-state index in [4.69, 9.17) is 0 Å². The van der Waals surface area contributed by atoms with Crippen molar-refractivity contribution in [1.82, 2.24) is 10.2 Å². The van der Waals surface area contributed by atoms with Gasteiger partial charge < -0.3 is 5.32 Å². The van der Waals surface area contributed by atoms with E-state index in [1.165, 1.54) is 4.90 Å². The lowest BCUT2D eigenvalue weighted by atomic mass is 10.1. The summed E-state index contributed by atoms with van der Waals surface area (Å²) < 4.78 is 36.7. The van der Waals surface area contributed by atoms with Crippen molar-refractivity contribution >= 4 is 0 Å². The third kappa shape index (κ3) is 7.62. The third-order valence-corrected chi connectivity index (χ3v) is 2.24. The first-order valence-corrected chi connectivity index (χ1v) is 5.18. The Balaban J connectivity index is 4.28. The Bertz CT molecular complexity index is 178. The molecule has 0 radical (unpaired) electrons. The molecule has 0 saturated carbocycles. The summed E-state index contributed by atoms with van der Waals surface area (Å²) in [7, 11) is 1.76. The second-order valence-corrected chi connectivity index (χ2v) is 4.46. The van der Waals surface area contributed by atoms with E-state index < -0.39 is 12.7 Å². The maximum absolute atomic E-state index is 12.2. The maximum atomic E-state index is 12.2. The van der Waals surface area contributed by atoms with Crippen molar-refractivity contribution in [2.75, 3.05) is 26.7 Å². The van der Waals surface area contributed by atoms with E-state index in [1.54, 1.807) is 7.05 Å². The van der Waals surface area contributed by atoms with Gasteiger partial charge in [0, 0.05) is 12.1 Å². The zero-order chi connectivity index (χ0) is 12.1. The summed E-state index contributed by atoms with van der Waals surface area (Å²) in [6, 6.07) is 0. The van der Waals surface area contributed by atoms with E-state index in [2.05, 4.69) is 5.32 Å². The highest BCUT2D eigenvalue weighted by Gasteiger charge is 2.32. The van der Waals surface area contributed by atoms with E-state index >= 15 is 0 Å². The van der Waals surface area contributed by atoms with Crippen molar-refractivity contribution in [3.05, 3.63) is 0 Å². The van der Waals surface area contributed by atoms with Gasteiger partial charge in [-0.05, 0) is 33.9 Å². The lowest BCUT2D eigenvalue weighted by Gasteiger charge is -2.32. The average Bonchev–Trinajstić information content (AvgIpc) is 2.01. The summed E-state index contributed by atoms with van der Waals surface area (Å²) in [4.78, 5) is 1.44. The van der Waals surface area contributed by atoms with Crippen LogP contribution in [0.4, 0.5) is 13.2 Å². The normalized spacial score (nSPS) is 13.6. The molecule has 0 aromatic carbocycles. The number of nitrogens with zero attached hydrogens (tertiary/aromatic N) is 1. The predicted molar refractivity (Wildman–Crippen MR) is 55.9 cm³/mol. The Morgan fingerprint density at radius 1 is 1.13 bits per heavy atom. The second kappa shape index (κ2) is 5.70. The van der Waals surface area contributed by atoms with Crippen molar-refractivity contribution in [3.63, 3.8) is 0 Å². The minimum absolute atomic E-state index is 0.291. The molecule has 92 valence electrons. The van der Waals surface area contributed by atoms with E-state index in [0.29, 0.717) is 13.1 Å². The molecule has 1 N–H and O–H groups in total. The second-order valence-electron chi connectivity index (χ2n) is 4.46. The van der Waals surface area contributed by atoms with Crippen LogP contribution in [0.2, 0.25) is 0 Å². The van der Waals surface area contributed by atoms with Gasteiger partial charge in [0.15, 0.2) is 0 Å². The molecule has 0 aliphatic heterocycles. The van der Waals surface area contributed by atoms with E-state index in [1.807, 2.05) is 20.8 Å². The van der Waals surface area contributed by atoms with E-state index in [0.717, 1.165) is 6.42 Å². The van der Waals surface area contributed by atoms with Gasteiger partial charge in [0.1, 0.15) is 0 Å². The molecule has 0 aliphatic rings. The molecule has 0 spiro atoms. The molecule has 5 heteroatoms. The molecule has 0 aliphatic carbocycles. The van der Waals surface area contributed by atoms with Crippen molar-refractivity contribution in [2.45, 2.75) is 38.9 Å². The summed E-state index contributed by atoms with van der Waals surface area (Å²) in [5.74, 6) is 0. The summed E-state index contributed by atoms with van der Waals surface area (Å²) in [6.45, 7) is 5.72. The van der Waals surface area contributed by atoms with Gasteiger partial charge in [-0.2, -0.15) is 13.2 Å². The molecule has 0 aromatic heterocycles. The Labute approximate surface area is 89.8 Å². The van der Waals surface area contributed by atoms with Gasteiger partial charge in [-0.1, -0.05) is 6.92 Å². The summed E-state index contributed by atoms with van der Waals surface area (Å²) >= 11 is 0. The van der Waals surface area contributed by atoms with Gasteiger partial charge in [-0.25, -0.2) is 0 Å². The van der Waals surface area contributed by atoms with Crippen LogP contribution in [0, 0.1) is 0 Å².